The highest BCUT2D eigenvalue weighted by atomic mass is 16.5. The van der Waals surface area contributed by atoms with Crippen LogP contribution >= 0.6 is 0 Å². The molecule has 1 atom stereocenters. The zero-order valence-corrected chi connectivity index (χ0v) is 10.6. The third kappa shape index (κ3) is 2.51. The van der Waals surface area contributed by atoms with Gasteiger partial charge in [-0.25, -0.2) is 4.98 Å². The van der Waals surface area contributed by atoms with Crippen LogP contribution in [-0.4, -0.2) is 24.2 Å². The van der Waals surface area contributed by atoms with E-state index < -0.39 is 0 Å². The molecule has 0 spiro atoms. The fourth-order valence-electron chi connectivity index (χ4n) is 2.35. The lowest BCUT2D eigenvalue weighted by molar-refractivity contribution is 0.160. The molecular weight excluding hydrogens is 238 g/mol. The number of hydrogen-bond acceptors (Lipinski definition) is 4. The maximum Gasteiger partial charge on any atom is 0.232 e. The van der Waals surface area contributed by atoms with Gasteiger partial charge < -0.3 is 10.1 Å². The highest BCUT2D eigenvalue weighted by Crippen LogP contribution is 2.23. The summed E-state index contributed by atoms with van der Waals surface area (Å²) in [5.41, 5.74) is 1.37. The average Bonchev–Trinajstić information content (AvgIpc) is 2.47. The minimum atomic E-state index is 0.106. The lowest BCUT2D eigenvalue weighted by Crippen LogP contribution is -2.37. The van der Waals surface area contributed by atoms with Crippen molar-refractivity contribution in [3.8, 4) is 11.9 Å². The van der Waals surface area contributed by atoms with Gasteiger partial charge in [-0.15, -0.1) is 0 Å². The van der Waals surface area contributed by atoms with Crippen LogP contribution in [0.1, 0.15) is 18.4 Å². The predicted molar refractivity (Wildman–Crippen MR) is 73.0 cm³/mol. The van der Waals surface area contributed by atoms with Gasteiger partial charge in [0, 0.05) is 11.9 Å². The van der Waals surface area contributed by atoms with E-state index in [1.165, 1.54) is 0 Å². The van der Waals surface area contributed by atoms with Crippen molar-refractivity contribution in [2.45, 2.75) is 18.9 Å². The zero-order valence-electron chi connectivity index (χ0n) is 10.6. The monoisotopic (exact) mass is 253 g/mol. The van der Waals surface area contributed by atoms with Crippen LogP contribution in [0.5, 0.6) is 5.88 Å². The van der Waals surface area contributed by atoms with Crippen LogP contribution in [0.2, 0.25) is 0 Å². The number of nitriles is 1. The number of pyridine rings is 1. The molecule has 4 heteroatoms. The number of nitrogens with one attached hydrogen (secondary N) is 1. The van der Waals surface area contributed by atoms with E-state index in [0.717, 1.165) is 36.8 Å². The lowest BCUT2D eigenvalue weighted by Gasteiger charge is -2.23. The summed E-state index contributed by atoms with van der Waals surface area (Å²) in [6, 6.07) is 11.8. The third-order valence-electron chi connectivity index (χ3n) is 3.34. The quantitative estimate of drug-likeness (QED) is 0.891. The van der Waals surface area contributed by atoms with E-state index >= 15 is 0 Å². The van der Waals surface area contributed by atoms with E-state index in [0.29, 0.717) is 11.4 Å². The molecule has 1 N–H and O–H groups in total. The van der Waals surface area contributed by atoms with E-state index in [2.05, 4.69) is 16.4 Å². The van der Waals surface area contributed by atoms with Crippen LogP contribution in [0.4, 0.5) is 0 Å². The second kappa shape index (κ2) is 5.25. The number of fused-ring (bicyclic) bond motifs is 1. The molecule has 0 bridgehead atoms. The number of nitrogens with zero attached hydrogens (tertiary/aromatic N) is 2. The molecule has 0 aliphatic carbocycles. The van der Waals surface area contributed by atoms with Crippen LogP contribution < -0.4 is 10.1 Å². The number of aromatic nitrogens is 1. The molecule has 4 nitrogen and oxygen atoms in total. The summed E-state index contributed by atoms with van der Waals surface area (Å²) < 4.78 is 5.89. The second-order valence-corrected chi connectivity index (χ2v) is 4.73. The Morgan fingerprint density at radius 2 is 2.26 bits per heavy atom. The number of hydrogen-bond donors (Lipinski definition) is 1. The van der Waals surface area contributed by atoms with Gasteiger partial charge in [0.15, 0.2) is 0 Å². The van der Waals surface area contributed by atoms with Crippen molar-refractivity contribution in [2.75, 3.05) is 13.1 Å². The third-order valence-corrected chi connectivity index (χ3v) is 3.34. The van der Waals surface area contributed by atoms with Crippen molar-refractivity contribution >= 4 is 10.9 Å². The number of ether oxygens (including phenoxy) is 1. The van der Waals surface area contributed by atoms with Gasteiger partial charge in [0.2, 0.25) is 5.88 Å². The van der Waals surface area contributed by atoms with Crippen molar-refractivity contribution in [1.82, 2.24) is 10.3 Å². The summed E-state index contributed by atoms with van der Waals surface area (Å²) in [5, 5.41) is 13.5. The molecule has 1 aliphatic heterocycles. The molecule has 0 amide bonds. The largest absolute Gasteiger partial charge is 0.472 e. The Morgan fingerprint density at radius 3 is 3.05 bits per heavy atom. The zero-order chi connectivity index (χ0) is 13.1. The molecule has 19 heavy (non-hydrogen) atoms. The Balaban J connectivity index is 1.94. The normalized spacial score (nSPS) is 19.0. The molecule has 0 radical (unpaired) electrons. The minimum absolute atomic E-state index is 0.106. The molecule has 1 aromatic carbocycles. The molecule has 2 aromatic rings. The van der Waals surface area contributed by atoms with Gasteiger partial charge >= 0.3 is 0 Å². The molecule has 1 fully saturated rings. The number of para-hydroxylation sites is 1. The van der Waals surface area contributed by atoms with Crippen LogP contribution in [-0.2, 0) is 0 Å². The van der Waals surface area contributed by atoms with Crippen molar-refractivity contribution in [3.05, 3.63) is 35.9 Å². The molecular formula is C15H15N3O. The summed E-state index contributed by atoms with van der Waals surface area (Å²) in [7, 11) is 0. The Kier molecular flexibility index (Phi) is 3.30. The topological polar surface area (TPSA) is 57.9 Å². The second-order valence-electron chi connectivity index (χ2n) is 4.73. The number of benzene rings is 1. The van der Waals surface area contributed by atoms with Crippen LogP contribution in [0, 0.1) is 11.3 Å². The van der Waals surface area contributed by atoms with E-state index in [4.69, 9.17) is 4.74 Å². The van der Waals surface area contributed by atoms with Crippen LogP contribution in [0.15, 0.2) is 30.3 Å². The fraction of sp³-hybridized carbons (Fsp3) is 0.333. The molecule has 96 valence electrons. The summed E-state index contributed by atoms with van der Waals surface area (Å²) in [6.45, 7) is 1.86. The SMILES string of the molecule is N#Cc1cc2ccccc2nc1O[C@H]1CCCNC1. The van der Waals surface area contributed by atoms with Gasteiger partial charge in [-0.1, -0.05) is 18.2 Å². The summed E-state index contributed by atoms with van der Waals surface area (Å²) in [5.74, 6) is 0.454. The van der Waals surface area contributed by atoms with E-state index in [1.54, 1.807) is 0 Å². The van der Waals surface area contributed by atoms with Crippen molar-refractivity contribution in [1.29, 1.82) is 5.26 Å². The van der Waals surface area contributed by atoms with E-state index in [-0.39, 0.29) is 6.10 Å². The molecule has 1 saturated heterocycles. The first-order valence-corrected chi connectivity index (χ1v) is 6.54. The smallest absolute Gasteiger partial charge is 0.232 e. The standard InChI is InChI=1S/C15H15N3O/c16-9-12-8-11-4-1-2-6-14(11)18-15(12)19-13-5-3-7-17-10-13/h1-2,4,6,8,13,17H,3,5,7,10H2/t13-/m0/s1. The Hall–Kier alpha value is -2.12. The average molecular weight is 253 g/mol. The first-order chi connectivity index (χ1) is 9.36. The molecule has 1 aliphatic rings. The van der Waals surface area contributed by atoms with Crippen LogP contribution in [0.3, 0.4) is 0 Å². The van der Waals surface area contributed by atoms with Gasteiger partial charge in [0.1, 0.15) is 17.7 Å². The molecule has 0 saturated carbocycles. The maximum atomic E-state index is 9.22. The highest BCUT2D eigenvalue weighted by molar-refractivity contribution is 5.80. The van der Waals surface area contributed by atoms with Gasteiger partial charge in [-0.05, 0) is 31.5 Å². The van der Waals surface area contributed by atoms with Crippen molar-refractivity contribution < 1.29 is 4.74 Å². The molecule has 1 aromatic heterocycles. The first-order valence-electron chi connectivity index (χ1n) is 6.54. The molecule has 2 heterocycles. The van der Waals surface area contributed by atoms with Crippen molar-refractivity contribution in [2.24, 2.45) is 0 Å². The molecule has 3 rings (SSSR count). The summed E-state index contributed by atoms with van der Waals surface area (Å²) in [4.78, 5) is 4.47. The van der Waals surface area contributed by atoms with Crippen molar-refractivity contribution in [3.63, 3.8) is 0 Å². The summed E-state index contributed by atoms with van der Waals surface area (Å²) >= 11 is 0. The van der Waals surface area contributed by atoms with Gasteiger partial charge in [-0.3, -0.25) is 0 Å². The Labute approximate surface area is 112 Å². The number of rotatable bonds is 2. The number of piperidine rings is 1. The molecule has 0 unspecified atom stereocenters. The van der Waals surface area contributed by atoms with Gasteiger partial charge in [0.25, 0.3) is 0 Å². The summed E-state index contributed by atoms with van der Waals surface area (Å²) in [6.07, 6.45) is 2.21. The van der Waals surface area contributed by atoms with E-state index in [9.17, 15) is 5.26 Å². The van der Waals surface area contributed by atoms with Gasteiger partial charge in [0.05, 0.1) is 5.52 Å². The minimum Gasteiger partial charge on any atom is -0.472 e. The first kappa shape index (κ1) is 11.9. The highest BCUT2D eigenvalue weighted by Gasteiger charge is 2.17. The van der Waals surface area contributed by atoms with Crippen LogP contribution in [0.25, 0.3) is 10.9 Å². The Morgan fingerprint density at radius 1 is 1.37 bits per heavy atom. The fourth-order valence-corrected chi connectivity index (χ4v) is 2.35. The maximum absolute atomic E-state index is 9.22. The Bertz CT molecular complexity index is 627. The predicted octanol–water partition coefficient (Wildman–Crippen LogP) is 2.24. The van der Waals surface area contributed by atoms with Gasteiger partial charge in [-0.2, -0.15) is 5.26 Å². The van der Waals surface area contributed by atoms with E-state index in [1.807, 2.05) is 30.3 Å². The lowest BCUT2D eigenvalue weighted by atomic mass is 10.1.